The molecule has 0 heterocycles. The maximum atomic E-state index is 12.4. The second kappa shape index (κ2) is 37.9. The van der Waals surface area contributed by atoms with Crippen LogP contribution in [0.15, 0.2) is 12.2 Å². The van der Waals surface area contributed by atoms with Crippen molar-refractivity contribution in [3.05, 3.63) is 12.2 Å². The number of carbonyl (C=O) groups is 1. The van der Waals surface area contributed by atoms with Crippen LogP contribution in [0, 0.1) is 0 Å². The first-order valence-electron chi connectivity index (χ1n) is 21.0. The van der Waals surface area contributed by atoms with E-state index in [1.165, 1.54) is 161 Å². The molecule has 0 aliphatic carbocycles. The highest BCUT2D eigenvalue weighted by molar-refractivity contribution is 5.76. The van der Waals surface area contributed by atoms with E-state index in [2.05, 4.69) is 31.3 Å². The Bertz CT molecular complexity index is 655. The summed E-state index contributed by atoms with van der Waals surface area (Å²) in [5.41, 5.74) is 0. The molecule has 0 aromatic rings. The van der Waals surface area contributed by atoms with Gasteiger partial charge in [0.2, 0.25) is 5.91 Å². The lowest BCUT2D eigenvalue weighted by Crippen LogP contribution is -2.50. The second-order valence-electron chi connectivity index (χ2n) is 14.5. The van der Waals surface area contributed by atoms with E-state index in [9.17, 15) is 20.1 Å². The van der Waals surface area contributed by atoms with E-state index in [4.69, 9.17) is 0 Å². The van der Waals surface area contributed by atoms with E-state index in [0.29, 0.717) is 12.8 Å². The van der Waals surface area contributed by atoms with E-state index < -0.39 is 18.2 Å². The number of hydrogen-bond donors (Lipinski definition) is 4. The first kappa shape index (κ1) is 46.1. The fourth-order valence-corrected chi connectivity index (χ4v) is 6.57. The van der Waals surface area contributed by atoms with Gasteiger partial charge in [0, 0.05) is 6.42 Å². The van der Waals surface area contributed by atoms with Gasteiger partial charge in [0.1, 0.15) is 6.10 Å². The Morgan fingerprint density at radius 1 is 0.511 bits per heavy atom. The molecule has 47 heavy (non-hydrogen) atoms. The number of rotatable bonds is 38. The molecule has 0 spiro atoms. The van der Waals surface area contributed by atoms with Gasteiger partial charge in [-0.1, -0.05) is 193 Å². The van der Waals surface area contributed by atoms with Crippen molar-refractivity contribution >= 4 is 5.91 Å². The van der Waals surface area contributed by atoms with Crippen LogP contribution in [0.1, 0.15) is 226 Å². The van der Waals surface area contributed by atoms with Crippen LogP contribution in [0.3, 0.4) is 0 Å². The van der Waals surface area contributed by atoms with E-state index >= 15 is 0 Å². The van der Waals surface area contributed by atoms with Crippen LogP contribution in [0.2, 0.25) is 0 Å². The van der Waals surface area contributed by atoms with Crippen molar-refractivity contribution in [2.24, 2.45) is 0 Å². The molecule has 0 fully saturated rings. The number of aliphatic hydroxyl groups is 3. The Balaban J connectivity index is 3.65. The maximum absolute atomic E-state index is 12.4. The first-order valence-corrected chi connectivity index (χ1v) is 21.0. The average Bonchev–Trinajstić information content (AvgIpc) is 3.07. The molecule has 0 aliphatic rings. The molecule has 0 rings (SSSR count). The zero-order valence-electron chi connectivity index (χ0n) is 31.7. The highest BCUT2D eigenvalue weighted by atomic mass is 16.3. The third kappa shape index (κ3) is 33.4. The predicted octanol–water partition coefficient (Wildman–Crippen LogP) is 11.7. The third-order valence-corrected chi connectivity index (χ3v) is 9.87. The SMILES string of the molecule is CCCCCCCCCCCCCCCCC/C=C/CCCC(O)C(O)C(CO)NC(=O)CCCCCCCCCCCCCCC. The lowest BCUT2D eigenvalue weighted by molar-refractivity contribution is -0.124. The molecule has 3 unspecified atom stereocenters. The van der Waals surface area contributed by atoms with Gasteiger partial charge in [-0.3, -0.25) is 4.79 Å². The van der Waals surface area contributed by atoms with Crippen molar-refractivity contribution in [2.75, 3.05) is 6.61 Å². The highest BCUT2D eigenvalue weighted by Crippen LogP contribution is 2.16. The van der Waals surface area contributed by atoms with E-state index in [0.717, 1.165) is 38.5 Å². The lowest BCUT2D eigenvalue weighted by Gasteiger charge is -2.26. The van der Waals surface area contributed by atoms with Crippen molar-refractivity contribution in [1.29, 1.82) is 0 Å². The summed E-state index contributed by atoms with van der Waals surface area (Å²) >= 11 is 0. The Morgan fingerprint density at radius 2 is 0.851 bits per heavy atom. The van der Waals surface area contributed by atoms with Crippen LogP contribution in [0.4, 0.5) is 0 Å². The molecule has 0 bridgehead atoms. The van der Waals surface area contributed by atoms with Crippen LogP contribution in [-0.4, -0.2) is 46.1 Å². The van der Waals surface area contributed by atoms with Crippen molar-refractivity contribution in [3.8, 4) is 0 Å². The summed E-state index contributed by atoms with van der Waals surface area (Å²) in [5.74, 6) is -0.153. The average molecular weight is 666 g/mol. The zero-order chi connectivity index (χ0) is 34.5. The van der Waals surface area contributed by atoms with Crippen molar-refractivity contribution in [2.45, 2.75) is 244 Å². The molecule has 5 heteroatoms. The number of amides is 1. The summed E-state index contributed by atoms with van der Waals surface area (Å²) < 4.78 is 0. The Kier molecular flexibility index (Phi) is 37.2. The van der Waals surface area contributed by atoms with Gasteiger partial charge in [-0.25, -0.2) is 0 Å². The zero-order valence-corrected chi connectivity index (χ0v) is 31.7. The van der Waals surface area contributed by atoms with Gasteiger partial charge in [-0.05, 0) is 38.5 Å². The molecule has 0 saturated heterocycles. The van der Waals surface area contributed by atoms with Gasteiger partial charge < -0.3 is 20.6 Å². The van der Waals surface area contributed by atoms with Crippen LogP contribution in [0.5, 0.6) is 0 Å². The summed E-state index contributed by atoms with van der Waals surface area (Å²) in [4.78, 5) is 12.4. The molecular weight excluding hydrogens is 582 g/mol. The van der Waals surface area contributed by atoms with Gasteiger partial charge in [-0.2, -0.15) is 0 Å². The number of carbonyl (C=O) groups excluding carboxylic acids is 1. The maximum Gasteiger partial charge on any atom is 0.220 e. The van der Waals surface area contributed by atoms with Crippen LogP contribution < -0.4 is 5.32 Å². The van der Waals surface area contributed by atoms with E-state index in [1.807, 2.05) is 0 Å². The van der Waals surface area contributed by atoms with Gasteiger partial charge in [-0.15, -0.1) is 0 Å². The molecule has 0 aliphatic heterocycles. The van der Waals surface area contributed by atoms with Gasteiger partial charge in [0.05, 0.1) is 18.8 Å². The van der Waals surface area contributed by atoms with Crippen LogP contribution >= 0.6 is 0 Å². The van der Waals surface area contributed by atoms with Crippen molar-refractivity contribution in [1.82, 2.24) is 5.32 Å². The quantitative estimate of drug-likeness (QED) is 0.0390. The number of nitrogens with one attached hydrogen (secondary N) is 1. The molecule has 5 nitrogen and oxygen atoms in total. The van der Waals surface area contributed by atoms with Gasteiger partial charge >= 0.3 is 0 Å². The monoisotopic (exact) mass is 666 g/mol. The predicted molar refractivity (Wildman–Crippen MR) is 204 cm³/mol. The summed E-state index contributed by atoms with van der Waals surface area (Å²) in [6.07, 6.45) is 43.2. The minimum atomic E-state index is -1.15. The van der Waals surface area contributed by atoms with Gasteiger partial charge in [0.25, 0.3) is 0 Å². The largest absolute Gasteiger partial charge is 0.394 e. The summed E-state index contributed by atoms with van der Waals surface area (Å²) in [6.45, 7) is 4.17. The van der Waals surface area contributed by atoms with Crippen LogP contribution in [-0.2, 0) is 4.79 Å². The van der Waals surface area contributed by atoms with Gasteiger partial charge in [0.15, 0.2) is 0 Å². The van der Waals surface area contributed by atoms with Crippen molar-refractivity contribution < 1.29 is 20.1 Å². The minimum absolute atomic E-state index is 0.153. The number of aliphatic hydroxyl groups excluding tert-OH is 3. The number of unbranched alkanes of at least 4 members (excludes halogenated alkanes) is 28. The second-order valence-corrected chi connectivity index (χ2v) is 14.5. The molecule has 3 atom stereocenters. The Hall–Kier alpha value is -0.910. The Morgan fingerprint density at radius 3 is 1.23 bits per heavy atom. The van der Waals surface area contributed by atoms with E-state index in [1.54, 1.807) is 0 Å². The molecule has 280 valence electrons. The molecule has 0 saturated carbocycles. The normalized spacial score (nSPS) is 13.7. The topological polar surface area (TPSA) is 89.8 Å². The summed E-state index contributed by atoms with van der Waals surface area (Å²) in [5, 5.41) is 33.4. The van der Waals surface area contributed by atoms with Crippen LogP contribution in [0.25, 0.3) is 0 Å². The molecule has 0 radical (unpaired) electrons. The molecule has 0 aromatic carbocycles. The lowest BCUT2D eigenvalue weighted by atomic mass is 10.0. The standard InChI is InChI=1S/C42H83NO4/c1-3-5-7-9-11-13-15-17-18-19-20-21-22-23-25-26-28-30-32-34-36-40(45)42(47)39(38-44)43-41(46)37-35-33-31-29-27-24-16-14-12-10-8-6-4-2/h28,30,39-40,42,44-45,47H,3-27,29,31-38H2,1-2H3,(H,43,46)/b30-28+. The number of allylic oxidation sites excluding steroid dienone is 2. The fraction of sp³-hybridized carbons (Fsp3) is 0.929. The molecule has 1 amide bonds. The summed E-state index contributed by atoms with van der Waals surface area (Å²) in [6, 6.07) is -0.819. The summed E-state index contributed by atoms with van der Waals surface area (Å²) in [7, 11) is 0. The minimum Gasteiger partial charge on any atom is -0.394 e. The smallest absolute Gasteiger partial charge is 0.220 e. The molecule has 0 aromatic heterocycles. The third-order valence-electron chi connectivity index (χ3n) is 9.87. The molecule has 4 N–H and O–H groups in total. The fourth-order valence-electron chi connectivity index (χ4n) is 6.57. The first-order chi connectivity index (χ1) is 23.1. The number of hydrogen-bond acceptors (Lipinski definition) is 4. The molecular formula is C42H83NO4. The highest BCUT2D eigenvalue weighted by Gasteiger charge is 2.26. The van der Waals surface area contributed by atoms with E-state index in [-0.39, 0.29) is 12.5 Å². The van der Waals surface area contributed by atoms with Crippen molar-refractivity contribution in [3.63, 3.8) is 0 Å². The Labute approximate surface area is 293 Å².